The van der Waals surface area contributed by atoms with Gasteiger partial charge in [-0.15, -0.1) is 0 Å². The first-order chi connectivity index (χ1) is 16.6. The van der Waals surface area contributed by atoms with E-state index in [0.717, 1.165) is 52.4 Å². The number of likely N-dealkylation sites (N-methyl/N-ethyl adjacent to an activating group) is 1. The number of hydrogen-bond acceptors (Lipinski definition) is 3. The van der Waals surface area contributed by atoms with Crippen LogP contribution in [0.1, 0.15) is 44.7 Å². The average molecular weight is 444 g/mol. The average Bonchev–Trinajstić information content (AvgIpc) is 3.39. The van der Waals surface area contributed by atoms with Gasteiger partial charge in [0.15, 0.2) is 11.6 Å². The summed E-state index contributed by atoms with van der Waals surface area (Å²) in [6.45, 7) is 0.874. The molecule has 1 aliphatic carbocycles. The van der Waals surface area contributed by atoms with Crippen LogP contribution in [0.3, 0.4) is 0 Å². The molecule has 4 aromatic rings. The van der Waals surface area contributed by atoms with Gasteiger partial charge in [-0.2, -0.15) is 0 Å². The zero-order chi connectivity index (χ0) is 23.3. The molecule has 0 N–H and O–H groups in total. The summed E-state index contributed by atoms with van der Waals surface area (Å²) in [4.78, 5) is 30.3. The Balaban J connectivity index is 1.63. The molecule has 0 unspecified atom stereocenters. The van der Waals surface area contributed by atoms with Gasteiger partial charge >= 0.3 is 0 Å². The van der Waals surface area contributed by atoms with E-state index in [4.69, 9.17) is 0 Å². The van der Waals surface area contributed by atoms with E-state index in [1.165, 1.54) is 0 Å². The number of benzene rings is 4. The molecule has 34 heavy (non-hydrogen) atoms. The van der Waals surface area contributed by atoms with Crippen molar-refractivity contribution in [3.63, 3.8) is 0 Å². The van der Waals surface area contributed by atoms with Crippen LogP contribution in [-0.4, -0.2) is 30.1 Å². The van der Waals surface area contributed by atoms with E-state index >= 15 is 0 Å². The van der Waals surface area contributed by atoms with Crippen LogP contribution >= 0.6 is 0 Å². The van der Waals surface area contributed by atoms with Crippen LogP contribution < -0.4 is 0 Å². The predicted octanol–water partition coefficient (Wildman–Crippen LogP) is 6.52. The number of nitrogens with zero attached hydrogens (tertiary/aromatic N) is 1. The van der Waals surface area contributed by atoms with Gasteiger partial charge in [-0.25, -0.2) is 0 Å². The molecule has 1 aliphatic heterocycles. The highest BCUT2D eigenvalue weighted by atomic mass is 16.1. The van der Waals surface area contributed by atoms with Crippen LogP contribution in [0.4, 0.5) is 0 Å². The highest BCUT2D eigenvalue weighted by Crippen LogP contribution is 2.52. The molecule has 0 aromatic heterocycles. The summed E-state index contributed by atoms with van der Waals surface area (Å²) in [6, 6.07) is 28.0. The third-order valence-corrected chi connectivity index (χ3v) is 7.46. The Kier molecular flexibility index (Phi) is 4.82. The Hall–Kier alpha value is -3.82. The van der Waals surface area contributed by atoms with Crippen LogP contribution in [-0.2, 0) is 5.54 Å². The molecular formula is C31H25NO2. The van der Waals surface area contributed by atoms with Crippen LogP contribution in [0.5, 0.6) is 0 Å². The third kappa shape index (κ3) is 2.94. The molecule has 4 aromatic carbocycles. The number of hydrogen-bond donors (Lipinski definition) is 0. The van der Waals surface area contributed by atoms with Gasteiger partial charge in [-0.05, 0) is 71.6 Å². The molecule has 1 atom stereocenters. The van der Waals surface area contributed by atoms with Gasteiger partial charge in [0.1, 0.15) is 5.54 Å². The van der Waals surface area contributed by atoms with Crippen molar-refractivity contribution in [3.8, 4) is 11.1 Å². The normalized spacial score (nSPS) is 19.6. The van der Waals surface area contributed by atoms with Crippen molar-refractivity contribution >= 4 is 28.4 Å². The number of allylic oxidation sites excluding steroid dienone is 1. The highest BCUT2D eigenvalue weighted by Gasteiger charge is 2.53. The molecule has 166 valence electrons. The van der Waals surface area contributed by atoms with Gasteiger partial charge in [-0.3, -0.25) is 14.5 Å². The second-order valence-electron chi connectivity index (χ2n) is 9.27. The summed E-state index contributed by atoms with van der Waals surface area (Å²) in [7, 11) is 2.03. The molecule has 6 rings (SSSR count). The topological polar surface area (TPSA) is 37.4 Å². The lowest BCUT2D eigenvalue weighted by Crippen LogP contribution is -2.43. The predicted molar refractivity (Wildman–Crippen MR) is 137 cm³/mol. The van der Waals surface area contributed by atoms with E-state index in [-0.39, 0.29) is 11.6 Å². The minimum absolute atomic E-state index is 0.0629. The number of carbonyl (C=O) groups is 2. The van der Waals surface area contributed by atoms with Crippen LogP contribution in [0.25, 0.3) is 28.0 Å². The molecule has 0 amide bonds. The molecule has 1 heterocycles. The van der Waals surface area contributed by atoms with Crippen molar-refractivity contribution in [2.75, 3.05) is 13.6 Å². The van der Waals surface area contributed by atoms with Gasteiger partial charge in [-0.1, -0.05) is 84.9 Å². The first-order valence-electron chi connectivity index (χ1n) is 11.8. The van der Waals surface area contributed by atoms with Gasteiger partial charge in [0.05, 0.1) is 0 Å². The Morgan fingerprint density at radius 2 is 1.68 bits per heavy atom. The van der Waals surface area contributed by atoms with E-state index in [0.29, 0.717) is 11.1 Å². The molecule has 1 fully saturated rings. The molecule has 0 radical (unpaired) electrons. The van der Waals surface area contributed by atoms with Gasteiger partial charge < -0.3 is 0 Å². The lowest BCUT2D eigenvalue weighted by atomic mass is 9.86. The van der Waals surface area contributed by atoms with Gasteiger partial charge in [0, 0.05) is 11.1 Å². The fourth-order valence-electron chi connectivity index (χ4n) is 5.86. The Morgan fingerprint density at radius 1 is 0.941 bits per heavy atom. The standard InChI is InChI=1S/C31H25NO2/c1-32-19-9-18-31(32)25-15-8-14-23-20-24(22-12-6-3-7-13-22)28(29(27(23)25)30(31)34)26(33)17-16-21-10-4-2-5-11-21/h2-8,10-17,20H,9,18-19H2,1H3/b17-16+/t31-/m1/s1. The fourth-order valence-corrected chi connectivity index (χ4v) is 5.86. The van der Waals surface area contributed by atoms with E-state index in [2.05, 4.69) is 23.1 Å². The summed E-state index contributed by atoms with van der Waals surface area (Å²) in [5, 5.41) is 1.96. The lowest BCUT2D eigenvalue weighted by molar-refractivity contribution is 0.0732. The quantitative estimate of drug-likeness (QED) is 0.266. The number of ketones is 2. The summed E-state index contributed by atoms with van der Waals surface area (Å²) in [5.41, 5.74) is 4.18. The van der Waals surface area contributed by atoms with E-state index in [9.17, 15) is 9.59 Å². The second kappa shape index (κ2) is 7.89. The minimum Gasteiger partial charge on any atom is -0.292 e. The maximum Gasteiger partial charge on any atom is 0.189 e. The van der Waals surface area contributed by atoms with Crippen LogP contribution in [0.15, 0.2) is 91.0 Å². The molecule has 2 aliphatic rings. The molecule has 0 bridgehead atoms. The van der Waals surface area contributed by atoms with Crippen molar-refractivity contribution in [2.24, 2.45) is 0 Å². The number of likely N-dealkylation sites (tertiary alicyclic amines) is 1. The van der Waals surface area contributed by atoms with E-state index in [1.807, 2.05) is 79.9 Å². The van der Waals surface area contributed by atoms with Crippen molar-refractivity contribution in [3.05, 3.63) is 113 Å². The van der Waals surface area contributed by atoms with Crippen LogP contribution in [0, 0.1) is 0 Å². The molecule has 1 saturated heterocycles. The Bertz CT molecular complexity index is 1470. The first-order valence-corrected chi connectivity index (χ1v) is 11.8. The van der Waals surface area contributed by atoms with Gasteiger partial charge in [0.25, 0.3) is 0 Å². The monoisotopic (exact) mass is 443 g/mol. The molecule has 3 heteroatoms. The minimum atomic E-state index is -0.671. The third-order valence-electron chi connectivity index (χ3n) is 7.46. The SMILES string of the molecule is CN1CCC[C@@]12C(=O)c1c(C(=O)/C=C/c3ccccc3)c(-c3ccccc3)cc3cccc2c13. The molecule has 1 spiro atoms. The lowest BCUT2D eigenvalue weighted by Gasteiger charge is -2.31. The second-order valence-corrected chi connectivity index (χ2v) is 9.27. The number of fused-ring (bicyclic) bond motifs is 1. The van der Waals surface area contributed by atoms with Crippen molar-refractivity contribution in [2.45, 2.75) is 18.4 Å². The summed E-state index contributed by atoms with van der Waals surface area (Å²) in [5.74, 6) is -0.0756. The van der Waals surface area contributed by atoms with Crippen molar-refractivity contribution in [1.82, 2.24) is 4.90 Å². The summed E-state index contributed by atoms with van der Waals surface area (Å²) < 4.78 is 0. The molecule has 0 saturated carbocycles. The van der Waals surface area contributed by atoms with Gasteiger partial charge in [0.2, 0.25) is 0 Å². The number of rotatable bonds is 4. The Morgan fingerprint density at radius 3 is 2.38 bits per heavy atom. The van der Waals surface area contributed by atoms with Crippen molar-refractivity contribution < 1.29 is 9.59 Å². The fraction of sp³-hybridized carbons (Fsp3) is 0.161. The highest BCUT2D eigenvalue weighted by molar-refractivity contribution is 6.29. The maximum atomic E-state index is 14.3. The Labute approximate surface area is 199 Å². The smallest absolute Gasteiger partial charge is 0.189 e. The molecule has 3 nitrogen and oxygen atoms in total. The number of carbonyl (C=O) groups excluding carboxylic acids is 2. The zero-order valence-electron chi connectivity index (χ0n) is 19.1. The first kappa shape index (κ1) is 20.8. The van der Waals surface area contributed by atoms with E-state index < -0.39 is 5.54 Å². The molecular weight excluding hydrogens is 418 g/mol. The number of Topliss-reactive ketones (excluding diaryl/α,β-unsaturated/α-hetero) is 1. The largest absolute Gasteiger partial charge is 0.292 e. The zero-order valence-corrected chi connectivity index (χ0v) is 19.1. The van der Waals surface area contributed by atoms with E-state index in [1.54, 1.807) is 6.08 Å². The summed E-state index contributed by atoms with van der Waals surface area (Å²) in [6.07, 6.45) is 5.19. The maximum absolute atomic E-state index is 14.3. The van der Waals surface area contributed by atoms with Crippen molar-refractivity contribution in [1.29, 1.82) is 0 Å². The van der Waals surface area contributed by atoms with Crippen LogP contribution in [0.2, 0.25) is 0 Å². The summed E-state index contributed by atoms with van der Waals surface area (Å²) >= 11 is 0.